The third-order valence-corrected chi connectivity index (χ3v) is 3.18. The lowest BCUT2D eigenvalue weighted by Crippen LogP contribution is -2.33. The summed E-state index contributed by atoms with van der Waals surface area (Å²) in [5, 5.41) is 3.37. The van der Waals surface area contributed by atoms with Crippen molar-refractivity contribution in [2.75, 3.05) is 13.1 Å². The number of hydrogen-bond acceptors (Lipinski definition) is 2. The molecule has 102 valence electrons. The van der Waals surface area contributed by atoms with E-state index in [0.29, 0.717) is 16.1 Å². The molecule has 0 amide bonds. The van der Waals surface area contributed by atoms with Crippen LogP contribution in [0.25, 0.3) is 0 Å². The van der Waals surface area contributed by atoms with Gasteiger partial charge in [-0.3, -0.25) is 0 Å². The normalized spacial score (nSPS) is 12.8. The van der Waals surface area contributed by atoms with Gasteiger partial charge < -0.3 is 10.1 Å². The van der Waals surface area contributed by atoms with Gasteiger partial charge in [0.2, 0.25) is 0 Å². The summed E-state index contributed by atoms with van der Waals surface area (Å²) in [5.74, 6) is 1.05. The van der Waals surface area contributed by atoms with Crippen LogP contribution in [0.2, 0.25) is 0 Å². The molecule has 1 unspecified atom stereocenters. The average molecular weight is 318 g/mol. The number of hydrogen-bond donors (Lipinski definition) is 1. The molecule has 1 rings (SSSR count). The summed E-state index contributed by atoms with van der Waals surface area (Å²) in [5.41, 5.74) is 0. The summed E-state index contributed by atoms with van der Waals surface area (Å²) in [6.45, 7) is 8.22. The van der Waals surface area contributed by atoms with Gasteiger partial charge in [0.05, 0.1) is 4.47 Å². The van der Waals surface area contributed by atoms with E-state index in [1.807, 2.05) is 0 Å². The van der Waals surface area contributed by atoms with Crippen LogP contribution in [0.3, 0.4) is 0 Å². The zero-order chi connectivity index (χ0) is 13.5. The highest BCUT2D eigenvalue weighted by atomic mass is 79.9. The Morgan fingerprint density at radius 2 is 2.06 bits per heavy atom. The van der Waals surface area contributed by atoms with Crippen LogP contribution in [0.5, 0.6) is 5.75 Å². The van der Waals surface area contributed by atoms with Crippen molar-refractivity contribution in [2.45, 2.75) is 33.3 Å². The Kier molecular flexibility index (Phi) is 6.65. The molecule has 4 heteroatoms. The molecular formula is C14H21BrFNO. The van der Waals surface area contributed by atoms with Crippen molar-refractivity contribution < 1.29 is 9.13 Å². The molecule has 0 aromatic heterocycles. The fraction of sp³-hybridized carbons (Fsp3) is 0.571. The van der Waals surface area contributed by atoms with Gasteiger partial charge in [-0.05, 0) is 53.0 Å². The largest absolute Gasteiger partial charge is 0.489 e. The zero-order valence-corrected chi connectivity index (χ0v) is 12.8. The summed E-state index contributed by atoms with van der Waals surface area (Å²) in [6, 6.07) is 4.74. The number of benzene rings is 1. The Hall–Kier alpha value is -0.610. The molecule has 2 nitrogen and oxygen atoms in total. The van der Waals surface area contributed by atoms with Crippen molar-refractivity contribution in [3.63, 3.8) is 0 Å². The van der Waals surface area contributed by atoms with Gasteiger partial charge in [0.1, 0.15) is 17.7 Å². The van der Waals surface area contributed by atoms with E-state index in [1.54, 1.807) is 12.1 Å². The summed E-state index contributed by atoms with van der Waals surface area (Å²) in [4.78, 5) is 0. The van der Waals surface area contributed by atoms with Crippen molar-refractivity contribution in [3.05, 3.63) is 28.5 Å². The highest BCUT2D eigenvalue weighted by molar-refractivity contribution is 9.10. The highest BCUT2D eigenvalue weighted by Crippen LogP contribution is 2.22. The third-order valence-electron chi connectivity index (χ3n) is 2.57. The quantitative estimate of drug-likeness (QED) is 0.821. The Labute approximate surface area is 117 Å². The van der Waals surface area contributed by atoms with Gasteiger partial charge in [-0.15, -0.1) is 0 Å². The molecule has 1 atom stereocenters. The lowest BCUT2D eigenvalue weighted by atomic mass is 10.2. The lowest BCUT2D eigenvalue weighted by molar-refractivity contribution is 0.191. The minimum absolute atomic E-state index is 0.112. The summed E-state index contributed by atoms with van der Waals surface area (Å²) in [6.07, 6.45) is 1.03. The third kappa shape index (κ3) is 5.36. The first-order valence-corrected chi connectivity index (χ1v) is 7.14. The van der Waals surface area contributed by atoms with E-state index in [4.69, 9.17) is 4.74 Å². The first kappa shape index (κ1) is 15.4. The first-order valence-electron chi connectivity index (χ1n) is 6.35. The summed E-state index contributed by atoms with van der Waals surface area (Å²) in [7, 11) is 0. The van der Waals surface area contributed by atoms with Gasteiger partial charge >= 0.3 is 0 Å². The zero-order valence-electron chi connectivity index (χ0n) is 11.2. The van der Waals surface area contributed by atoms with Gasteiger partial charge in [-0.1, -0.05) is 20.8 Å². The van der Waals surface area contributed by atoms with E-state index in [1.165, 1.54) is 6.07 Å². The van der Waals surface area contributed by atoms with Gasteiger partial charge in [-0.2, -0.15) is 0 Å². The highest BCUT2D eigenvalue weighted by Gasteiger charge is 2.09. The van der Waals surface area contributed by atoms with E-state index in [2.05, 4.69) is 42.0 Å². The van der Waals surface area contributed by atoms with Crippen molar-refractivity contribution in [1.82, 2.24) is 5.32 Å². The van der Waals surface area contributed by atoms with Crippen LogP contribution in [0.15, 0.2) is 22.7 Å². The predicted octanol–water partition coefficient (Wildman–Crippen LogP) is 3.99. The molecule has 0 spiro atoms. The molecule has 1 N–H and O–H groups in total. The second-order valence-corrected chi connectivity index (χ2v) is 5.63. The van der Waals surface area contributed by atoms with Gasteiger partial charge in [0.25, 0.3) is 0 Å². The van der Waals surface area contributed by atoms with Crippen LogP contribution in [0.1, 0.15) is 27.2 Å². The lowest BCUT2D eigenvalue weighted by Gasteiger charge is -2.19. The van der Waals surface area contributed by atoms with Crippen molar-refractivity contribution >= 4 is 15.9 Å². The number of ether oxygens (including phenoxy) is 1. The Morgan fingerprint density at radius 3 is 2.61 bits per heavy atom. The molecule has 0 heterocycles. The molecule has 0 saturated heterocycles. The van der Waals surface area contributed by atoms with Crippen LogP contribution in [0, 0.1) is 11.7 Å². The van der Waals surface area contributed by atoms with Gasteiger partial charge in [-0.25, -0.2) is 4.39 Å². The van der Waals surface area contributed by atoms with Crippen LogP contribution < -0.4 is 10.1 Å². The smallest absolute Gasteiger partial charge is 0.137 e. The molecule has 0 bridgehead atoms. The van der Waals surface area contributed by atoms with Crippen molar-refractivity contribution in [2.24, 2.45) is 5.92 Å². The number of rotatable bonds is 7. The molecule has 1 aromatic rings. The van der Waals surface area contributed by atoms with E-state index in [9.17, 15) is 4.39 Å². The molecule has 18 heavy (non-hydrogen) atoms. The second-order valence-electron chi connectivity index (χ2n) is 4.78. The SMILES string of the molecule is CCC(CNCC(C)C)Oc1ccc(F)c(Br)c1. The maximum Gasteiger partial charge on any atom is 0.137 e. The average Bonchev–Trinajstić information content (AvgIpc) is 2.32. The number of nitrogens with one attached hydrogen (secondary N) is 1. The van der Waals surface area contributed by atoms with Crippen LogP contribution in [-0.2, 0) is 0 Å². The molecular weight excluding hydrogens is 297 g/mol. The van der Waals surface area contributed by atoms with E-state index in [0.717, 1.165) is 19.5 Å². The van der Waals surface area contributed by atoms with Crippen LogP contribution in [0.4, 0.5) is 4.39 Å². The molecule has 0 aliphatic carbocycles. The molecule has 0 saturated carbocycles. The van der Waals surface area contributed by atoms with Gasteiger partial charge in [0.15, 0.2) is 0 Å². The molecule has 1 aromatic carbocycles. The Bertz CT molecular complexity index is 371. The molecule has 0 aliphatic rings. The minimum atomic E-state index is -0.270. The minimum Gasteiger partial charge on any atom is -0.489 e. The van der Waals surface area contributed by atoms with E-state index >= 15 is 0 Å². The molecule has 0 radical (unpaired) electrons. The van der Waals surface area contributed by atoms with Crippen molar-refractivity contribution in [1.29, 1.82) is 0 Å². The summed E-state index contributed by atoms with van der Waals surface area (Å²) < 4.78 is 19.4. The maximum atomic E-state index is 13.1. The fourth-order valence-electron chi connectivity index (χ4n) is 1.54. The van der Waals surface area contributed by atoms with Crippen LogP contribution in [-0.4, -0.2) is 19.2 Å². The Morgan fingerprint density at radius 1 is 1.33 bits per heavy atom. The second kappa shape index (κ2) is 7.74. The maximum absolute atomic E-state index is 13.1. The van der Waals surface area contributed by atoms with Crippen molar-refractivity contribution in [3.8, 4) is 5.75 Å². The molecule has 0 aliphatic heterocycles. The first-order chi connectivity index (χ1) is 8.52. The Balaban J connectivity index is 2.49. The summed E-state index contributed by atoms with van der Waals surface area (Å²) >= 11 is 3.16. The topological polar surface area (TPSA) is 21.3 Å². The van der Waals surface area contributed by atoms with E-state index < -0.39 is 0 Å². The fourth-order valence-corrected chi connectivity index (χ4v) is 1.90. The standard InChI is InChI=1S/C14H21BrFNO/c1-4-11(9-17-8-10(2)3)18-12-5-6-14(16)13(15)7-12/h5-7,10-11,17H,4,8-9H2,1-3H3. The predicted molar refractivity (Wildman–Crippen MR) is 76.5 cm³/mol. The van der Waals surface area contributed by atoms with Crippen LogP contribution >= 0.6 is 15.9 Å². The molecule has 0 fully saturated rings. The monoisotopic (exact) mass is 317 g/mol. The van der Waals surface area contributed by atoms with Gasteiger partial charge in [0, 0.05) is 6.54 Å². The van der Waals surface area contributed by atoms with E-state index in [-0.39, 0.29) is 11.9 Å². The number of halogens is 2.